The van der Waals surface area contributed by atoms with Crippen molar-refractivity contribution >= 4 is 18.0 Å². The monoisotopic (exact) mass is 234 g/mol. The van der Waals surface area contributed by atoms with Gasteiger partial charge in [-0.2, -0.15) is 0 Å². The quantitative estimate of drug-likeness (QED) is 0.728. The van der Waals surface area contributed by atoms with E-state index in [0.717, 1.165) is 17.1 Å². The molecule has 0 N–H and O–H groups in total. The minimum atomic E-state index is 0.783. The Morgan fingerprint density at radius 2 is 2.00 bits per heavy atom. The van der Waals surface area contributed by atoms with Crippen LogP contribution in [0.5, 0.6) is 0 Å². The van der Waals surface area contributed by atoms with Gasteiger partial charge < -0.3 is 0 Å². The maximum absolute atomic E-state index is 10.7. The first-order chi connectivity index (χ1) is 7.79. The van der Waals surface area contributed by atoms with Crippen molar-refractivity contribution in [3.63, 3.8) is 0 Å². The van der Waals surface area contributed by atoms with E-state index in [1.807, 2.05) is 23.9 Å². The van der Waals surface area contributed by atoms with E-state index in [-0.39, 0.29) is 0 Å². The van der Waals surface area contributed by atoms with E-state index in [1.54, 1.807) is 0 Å². The Balaban J connectivity index is 2.05. The van der Waals surface area contributed by atoms with Crippen LogP contribution in [0.15, 0.2) is 23.1 Å². The van der Waals surface area contributed by atoms with Crippen LogP contribution in [-0.4, -0.2) is 11.5 Å². The summed E-state index contributed by atoms with van der Waals surface area (Å²) in [6.07, 6.45) is 7.77. The highest BCUT2D eigenvalue weighted by Gasteiger charge is 2.15. The second kappa shape index (κ2) is 5.53. The average molecular weight is 234 g/mol. The summed E-state index contributed by atoms with van der Waals surface area (Å²) in [5, 5.41) is 0.787. The molecular weight excluding hydrogens is 216 g/mol. The molecule has 86 valence electrons. The third-order valence-corrected chi connectivity index (χ3v) is 4.70. The van der Waals surface area contributed by atoms with Crippen molar-refractivity contribution in [2.24, 2.45) is 0 Å². The van der Waals surface area contributed by atoms with Gasteiger partial charge in [0.15, 0.2) is 0 Å². The summed E-state index contributed by atoms with van der Waals surface area (Å²) in [4.78, 5) is 12.0. The summed E-state index contributed by atoms with van der Waals surface area (Å²) in [5.41, 5.74) is 2.02. The van der Waals surface area contributed by atoms with Crippen molar-refractivity contribution in [1.29, 1.82) is 0 Å². The third-order valence-electron chi connectivity index (χ3n) is 3.18. The SMILES string of the molecule is Cc1cc(C=O)ccc1SC1CCCCC1. The first-order valence-corrected chi connectivity index (χ1v) is 6.90. The number of hydrogen-bond acceptors (Lipinski definition) is 2. The van der Waals surface area contributed by atoms with Crippen LogP contribution in [0.3, 0.4) is 0 Å². The zero-order valence-corrected chi connectivity index (χ0v) is 10.6. The number of aryl methyl sites for hydroxylation is 1. The second-order valence-corrected chi connectivity index (χ2v) is 5.86. The normalized spacial score (nSPS) is 17.3. The maximum atomic E-state index is 10.7. The molecule has 0 amide bonds. The number of rotatable bonds is 3. The molecule has 2 rings (SSSR count). The first kappa shape index (κ1) is 11.7. The van der Waals surface area contributed by atoms with Crippen LogP contribution in [-0.2, 0) is 0 Å². The van der Waals surface area contributed by atoms with Gasteiger partial charge in [-0.25, -0.2) is 0 Å². The lowest BCUT2D eigenvalue weighted by Crippen LogP contribution is -2.07. The Morgan fingerprint density at radius 3 is 2.62 bits per heavy atom. The zero-order chi connectivity index (χ0) is 11.4. The molecule has 16 heavy (non-hydrogen) atoms. The lowest BCUT2D eigenvalue weighted by molar-refractivity contribution is 0.112. The lowest BCUT2D eigenvalue weighted by Gasteiger charge is -2.21. The number of thioether (sulfide) groups is 1. The van der Waals surface area contributed by atoms with Gasteiger partial charge in [-0.05, 0) is 37.5 Å². The zero-order valence-electron chi connectivity index (χ0n) is 9.74. The Bertz CT molecular complexity index is 367. The van der Waals surface area contributed by atoms with Crippen molar-refractivity contribution in [2.45, 2.75) is 49.2 Å². The molecule has 0 heterocycles. The molecule has 0 unspecified atom stereocenters. The van der Waals surface area contributed by atoms with Gasteiger partial charge in [0.05, 0.1) is 0 Å². The van der Waals surface area contributed by atoms with Gasteiger partial charge in [0.2, 0.25) is 0 Å². The van der Waals surface area contributed by atoms with E-state index in [1.165, 1.54) is 42.6 Å². The highest BCUT2D eigenvalue weighted by molar-refractivity contribution is 8.00. The fraction of sp³-hybridized carbons (Fsp3) is 0.500. The number of hydrogen-bond donors (Lipinski definition) is 0. The van der Waals surface area contributed by atoms with Gasteiger partial charge in [-0.1, -0.05) is 25.3 Å². The topological polar surface area (TPSA) is 17.1 Å². The van der Waals surface area contributed by atoms with Crippen LogP contribution < -0.4 is 0 Å². The standard InChI is InChI=1S/C14H18OS/c1-11-9-12(10-15)7-8-14(11)16-13-5-3-2-4-6-13/h7-10,13H,2-6H2,1H3. The molecule has 0 aliphatic heterocycles. The summed E-state index contributed by atoms with van der Waals surface area (Å²) in [6.45, 7) is 2.10. The molecule has 1 saturated carbocycles. The van der Waals surface area contributed by atoms with Crippen molar-refractivity contribution < 1.29 is 4.79 Å². The van der Waals surface area contributed by atoms with Crippen molar-refractivity contribution in [2.75, 3.05) is 0 Å². The molecular formula is C14H18OS. The summed E-state index contributed by atoms with van der Waals surface area (Å²) in [6, 6.07) is 6.00. The fourth-order valence-corrected chi connectivity index (χ4v) is 3.56. The van der Waals surface area contributed by atoms with Crippen molar-refractivity contribution in [1.82, 2.24) is 0 Å². The van der Waals surface area contributed by atoms with E-state index in [0.29, 0.717) is 0 Å². The molecule has 1 aliphatic rings. The van der Waals surface area contributed by atoms with E-state index in [4.69, 9.17) is 0 Å². The minimum Gasteiger partial charge on any atom is -0.298 e. The van der Waals surface area contributed by atoms with Crippen molar-refractivity contribution in [3.05, 3.63) is 29.3 Å². The summed E-state index contributed by atoms with van der Waals surface area (Å²) in [7, 11) is 0. The Morgan fingerprint density at radius 1 is 1.25 bits per heavy atom. The molecule has 1 nitrogen and oxygen atoms in total. The van der Waals surface area contributed by atoms with Crippen LogP contribution in [0.2, 0.25) is 0 Å². The molecule has 0 atom stereocenters. The second-order valence-electron chi connectivity index (χ2n) is 4.52. The van der Waals surface area contributed by atoms with Gasteiger partial charge in [0.25, 0.3) is 0 Å². The van der Waals surface area contributed by atoms with Crippen LogP contribution in [0.4, 0.5) is 0 Å². The number of benzene rings is 1. The maximum Gasteiger partial charge on any atom is 0.150 e. The molecule has 0 spiro atoms. The van der Waals surface area contributed by atoms with E-state index in [9.17, 15) is 4.79 Å². The Hall–Kier alpha value is -0.760. The molecule has 0 saturated heterocycles. The Kier molecular flexibility index (Phi) is 4.05. The summed E-state index contributed by atoms with van der Waals surface area (Å²) in [5.74, 6) is 0. The predicted octanol–water partition coefficient (Wildman–Crippen LogP) is 4.23. The summed E-state index contributed by atoms with van der Waals surface area (Å²) >= 11 is 1.99. The van der Waals surface area contributed by atoms with E-state index >= 15 is 0 Å². The highest BCUT2D eigenvalue weighted by atomic mass is 32.2. The molecule has 1 aromatic rings. The van der Waals surface area contributed by atoms with Gasteiger partial charge in [0.1, 0.15) is 6.29 Å². The smallest absolute Gasteiger partial charge is 0.150 e. The van der Waals surface area contributed by atoms with Crippen LogP contribution in [0.25, 0.3) is 0 Å². The molecule has 2 heteroatoms. The minimum absolute atomic E-state index is 0.783. The predicted molar refractivity (Wildman–Crippen MR) is 69.3 cm³/mol. The van der Waals surface area contributed by atoms with E-state index < -0.39 is 0 Å². The number of carbonyl (C=O) groups is 1. The first-order valence-electron chi connectivity index (χ1n) is 6.02. The molecule has 0 radical (unpaired) electrons. The largest absolute Gasteiger partial charge is 0.298 e. The average Bonchev–Trinajstić information content (AvgIpc) is 2.33. The molecule has 1 aliphatic carbocycles. The van der Waals surface area contributed by atoms with E-state index in [2.05, 4.69) is 13.0 Å². The number of carbonyl (C=O) groups excluding carboxylic acids is 1. The Labute approximate surface area is 102 Å². The highest BCUT2D eigenvalue weighted by Crippen LogP contribution is 2.35. The van der Waals surface area contributed by atoms with Gasteiger partial charge in [-0.15, -0.1) is 11.8 Å². The van der Waals surface area contributed by atoms with Crippen LogP contribution in [0, 0.1) is 6.92 Å². The molecule has 1 aromatic carbocycles. The van der Waals surface area contributed by atoms with Crippen LogP contribution >= 0.6 is 11.8 Å². The molecule has 0 aromatic heterocycles. The summed E-state index contributed by atoms with van der Waals surface area (Å²) < 4.78 is 0. The number of aldehydes is 1. The van der Waals surface area contributed by atoms with Gasteiger partial charge >= 0.3 is 0 Å². The third kappa shape index (κ3) is 2.88. The lowest BCUT2D eigenvalue weighted by atomic mass is 10.0. The fourth-order valence-electron chi connectivity index (χ4n) is 2.24. The van der Waals surface area contributed by atoms with Gasteiger partial charge in [-0.3, -0.25) is 4.79 Å². The van der Waals surface area contributed by atoms with Crippen molar-refractivity contribution in [3.8, 4) is 0 Å². The molecule has 0 bridgehead atoms. The van der Waals surface area contributed by atoms with Crippen LogP contribution in [0.1, 0.15) is 48.0 Å². The van der Waals surface area contributed by atoms with Gasteiger partial charge in [0, 0.05) is 15.7 Å². The molecule has 1 fully saturated rings.